The first-order valence-electron chi connectivity index (χ1n) is 11.0. The molecule has 2 aromatic heterocycles. The van der Waals surface area contributed by atoms with Gasteiger partial charge >= 0.3 is 5.97 Å². The molecule has 0 amide bonds. The van der Waals surface area contributed by atoms with Gasteiger partial charge in [-0.1, -0.05) is 65.8 Å². The number of aryl methyl sites for hydroxylation is 2. The Morgan fingerprint density at radius 3 is 1.47 bits per heavy atom. The zero-order valence-corrected chi connectivity index (χ0v) is 21.5. The van der Waals surface area contributed by atoms with Crippen molar-refractivity contribution in [1.29, 1.82) is 0 Å². The molecule has 0 bridgehead atoms. The fraction of sp³-hybridized carbons (Fsp3) is 0.143. The number of hydrogen-bond acceptors (Lipinski definition) is 3. The van der Waals surface area contributed by atoms with Crippen LogP contribution in [0.4, 0.5) is 0 Å². The monoisotopic (exact) mass is 523 g/mol. The zero-order valence-electron chi connectivity index (χ0n) is 20.0. The second kappa shape index (κ2) is 12.8. The number of rotatable bonds is 4. The molecule has 0 atom stereocenters. The van der Waals surface area contributed by atoms with Gasteiger partial charge in [0.25, 0.3) is 0 Å². The summed E-state index contributed by atoms with van der Waals surface area (Å²) in [7, 11) is 4.05. The van der Waals surface area contributed by atoms with E-state index in [1.54, 1.807) is 0 Å². The molecule has 36 heavy (non-hydrogen) atoms. The van der Waals surface area contributed by atoms with Gasteiger partial charge in [0.15, 0.2) is 36.1 Å². The third-order valence-corrected chi connectivity index (χ3v) is 5.75. The molecule has 0 fully saturated rings. The normalized spacial score (nSPS) is 13.0. The minimum Gasteiger partial charge on any atom is -1.00 e. The molecule has 0 spiro atoms. The summed E-state index contributed by atoms with van der Waals surface area (Å²) in [6.07, 6.45) is 8.45. The van der Waals surface area contributed by atoms with Crippen LogP contribution in [0.1, 0.15) is 17.5 Å². The summed E-state index contributed by atoms with van der Waals surface area (Å²) < 4.78 is 4.07. The van der Waals surface area contributed by atoms with Crippen LogP contribution in [0.2, 0.25) is 0 Å². The first kappa shape index (κ1) is 28.5. The highest BCUT2D eigenvalue weighted by molar-refractivity contribution is 6.36. The second-order valence-electron chi connectivity index (χ2n) is 8.17. The van der Waals surface area contributed by atoms with E-state index >= 15 is 0 Å². The van der Waals surface area contributed by atoms with Crippen molar-refractivity contribution in [1.82, 2.24) is 0 Å². The molecule has 2 aromatic carbocycles. The molecule has 186 valence electrons. The van der Waals surface area contributed by atoms with Gasteiger partial charge in [-0.05, 0) is 11.1 Å². The van der Waals surface area contributed by atoms with Crippen LogP contribution in [-0.4, -0.2) is 16.8 Å². The van der Waals surface area contributed by atoms with E-state index in [9.17, 15) is 4.79 Å². The molecule has 8 heteroatoms. The van der Waals surface area contributed by atoms with Crippen LogP contribution >= 0.6 is 0 Å². The smallest absolute Gasteiger partial charge is 0.353 e. The molecule has 0 saturated carbocycles. The van der Waals surface area contributed by atoms with Gasteiger partial charge < -0.3 is 34.8 Å². The van der Waals surface area contributed by atoms with Crippen molar-refractivity contribution in [3.8, 4) is 11.1 Å². The van der Waals surface area contributed by atoms with Crippen molar-refractivity contribution in [3.63, 3.8) is 0 Å². The number of halogens is 2. The summed E-state index contributed by atoms with van der Waals surface area (Å²) in [5.41, 5.74) is 3.48. The maximum atomic E-state index is 11.1. The van der Waals surface area contributed by atoms with Gasteiger partial charge in [0, 0.05) is 35.4 Å². The molecule has 0 unspecified atom stereocenters. The number of oxime groups is 1. The predicted octanol–water partition coefficient (Wildman–Crippen LogP) is -2.20. The zero-order chi connectivity index (χ0) is 24.0. The average Bonchev–Trinajstić information content (AvgIpc) is 3.34. The van der Waals surface area contributed by atoms with E-state index in [4.69, 9.17) is 9.94 Å². The molecule has 0 aliphatic carbocycles. The number of pyridine rings is 2. The number of carbonyl (C=O) groups is 1. The van der Waals surface area contributed by atoms with E-state index in [1.807, 2.05) is 83.9 Å². The Morgan fingerprint density at radius 2 is 1.14 bits per heavy atom. The summed E-state index contributed by atoms with van der Waals surface area (Å²) in [5.74, 6) is -1.04. The Kier molecular flexibility index (Phi) is 10.1. The van der Waals surface area contributed by atoms with Gasteiger partial charge in [-0.15, -0.1) is 0 Å². The number of aliphatic carboxylic acids is 1. The number of carboxylic acid groups (broad SMARTS) is 1. The lowest BCUT2D eigenvalue weighted by atomic mass is 9.82. The quantitative estimate of drug-likeness (QED) is 0.309. The average molecular weight is 524 g/mol. The van der Waals surface area contributed by atoms with Crippen LogP contribution in [-0.2, 0) is 29.3 Å². The van der Waals surface area contributed by atoms with Crippen LogP contribution in [0, 0.1) is 0 Å². The summed E-state index contributed by atoms with van der Waals surface area (Å²) in [4.78, 5) is 16.7. The van der Waals surface area contributed by atoms with E-state index in [0.29, 0.717) is 0 Å². The van der Waals surface area contributed by atoms with Crippen LogP contribution in [0.3, 0.4) is 0 Å². The fourth-order valence-corrected chi connectivity index (χ4v) is 3.83. The topological polar surface area (TPSA) is 66.7 Å². The van der Waals surface area contributed by atoms with Crippen LogP contribution in [0.5, 0.6) is 0 Å². The van der Waals surface area contributed by atoms with Gasteiger partial charge in [0.05, 0.1) is 6.42 Å². The predicted molar refractivity (Wildman–Crippen MR) is 129 cm³/mol. The molecular formula is C28H27Cl2N3O3. The fourth-order valence-electron chi connectivity index (χ4n) is 3.83. The Balaban J connectivity index is 0.000000254. The highest BCUT2D eigenvalue weighted by Gasteiger charge is 2.44. The molecule has 4 aromatic rings. The number of hydrogen-bond donors (Lipinski definition) is 1. The maximum absolute atomic E-state index is 11.1. The van der Waals surface area contributed by atoms with Crippen molar-refractivity contribution >= 4 is 11.7 Å². The number of aromatic nitrogens is 2. The third kappa shape index (κ3) is 6.47. The Hall–Kier alpha value is -3.74. The van der Waals surface area contributed by atoms with Gasteiger partial charge in [0.1, 0.15) is 14.1 Å². The molecule has 6 nitrogen and oxygen atoms in total. The van der Waals surface area contributed by atoms with Gasteiger partial charge in [-0.3, -0.25) is 0 Å². The standard InChI is InChI=1S/C16H13NO3.C12H14N2.2ClH/c18-15(19)14-11-16(20-17-14,12-7-3-1-4-8-12)13-9-5-2-6-10-13;1-13-7-3-11(4-8-13)12-5-9-14(2)10-6-12;;/h1-10H,11H2,(H,18,19);3-10H,1-2H3;2*1H/q;+2;;/p-2. The SMILES string of the molecule is C[n+]1ccc(-c2cc[n+](C)cc2)cc1.O=C(O)C1=NOC(c2ccccc2)(c2ccccc2)C1.[Cl-].[Cl-]. The maximum Gasteiger partial charge on any atom is 0.353 e. The largest absolute Gasteiger partial charge is 1.00 e. The molecule has 1 aliphatic heterocycles. The van der Waals surface area contributed by atoms with E-state index in [1.165, 1.54) is 11.1 Å². The van der Waals surface area contributed by atoms with Crippen LogP contribution < -0.4 is 33.9 Å². The highest BCUT2D eigenvalue weighted by Crippen LogP contribution is 2.41. The lowest BCUT2D eigenvalue weighted by Crippen LogP contribution is -3.00. The van der Waals surface area contributed by atoms with Crippen LogP contribution in [0.15, 0.2) is 115 Å². The van der Waals surface area contributed by atoms with Crippen molar-refractivity contribution < 1.29 is 48.7 Å². The van der Waals surface area contributed by atoms with Crippen molar-refractivity contribution in [2.24, 2.45) is 19.3 Å². The Bertz CT molecular complexity index is 1200. The lowest BCUT2D eigenvalue weighted by Gasteiger charge is -2.27. The van der Waals surface area contributed by atoms with Gasteiger partial charge in [-0.2, -0.15) is 0 Å². The van der Waals surface area contributed by atoms with Crippen molar-refractivity contribution in [2.45, 2.75) is 12.0 Å². The summed E-state index contributed by atoms with van der Waals surface area (Å²) in [6.45, 7) is 0. The first-order valence-corrected chi connectivity index (χ1v) is 11.0. The van der Waals surface area contributed by atoms with E-state index in [2.05, 4.69) is 54.2 Å². The minimum absolute atomic E-state index is 0. The van der Waals surface area contributed by atoms with Crippen molar-refractivity contribution in [2.75, 3.05) is 0 Å². The summed E-state index contributed by atoms with van der Waals surface area (Å²) >= 11 is 0. The Labute approximate surface area is 223 Å². The Morgan fingerprint density at radius 1 is 0.750 bits per heavy atom. The summed E-state index contributed by atoms with van der Waals surface area (Å²) in [6, 6.07) is 27.6. The minimum atomic E-state index is -1.04. The molecule has 0 radical (unpaired) electrons. The highest BCUT2D eigenvalue weighted by atomic mass is 35.5. The molecule has 1 N–H and O–H groups in total. The lowest BCUT2D eigenvalue weighted by molar-refractivity contribution is -0.671. The molecule has 5 rings (SSSR count). The molecule has 1 aliphatic rings. The first-order chi connectivity index (χ1) is 16.5. The van der Waals surface area contributed by atoms with E-state index in [0.717, 1.165) is 11.1 Å². The number of carboxylic acids is 1. The molecule has 0 saturated heterocycles. The van der Waals surface area contributed by atoms with Crippen molar-refractivity contribution in [3.05, 3.63) is 121 Å². The third-order valence-electron chi connectivity index (χ3n) is 5.75. The summed E-state index contributed by atoms with van der Waals surface area (Å²) in [5, 5.41) is 12.9. The van der Waals surface area contributed by atoms with E-state index in [-0.39, 0.29) is 36.9 Å². The second-order valence-corrected chi connectivity index (χ2v) is 8.17. The van der Waals surface area contributed by atoms with Crippen LogP contribution in [0.25, 0.3) is 11.1 Å². The molecule has 3 heterocycles. The van der Waals surface area contributed by atoms with Gasteiger partial charge in [-0.25, -0.2) is 13.9 Å². The van der Waals surface area contributed by atoms with Gasteiger partial charge in [0.2, 0.25) is 0 Å². The van der Waals surface area contributed by atoms with E-state index < -0.39 is 11.6 Å². The number of benzene rings is 2. The molecular weight excluding hydrogens is 497 g/mol. The number of nitrogens with zero attached hydrogens (tertiary/aromatic N) is 3.